The van der Waals surface area contributed by atoms with Gasteiger partial charge in [-0.3, -0.25) is 19.5 Å². The van der Waals surface area contributed by atoms with E-state index in [0.717, 1.165) is 46.3 Å². The highest BCUT2D eigenvalue weighted by Crippen LogP contribution is 2.47. The van der Waals surface area contributed by atoms with Crippen LogP contribution in [0.25, 0.3) is 33.3 Å². The fraction of sp³-hybridized carbons (Fsp3) is 0.385. The Labute approximate surface area is 208 Å². The molecule has 36 heavy (non-hydrogen) atoms. The van der Waals surface area contributed by atoms with Crippen LogP contribution in [-0.4, -0.2) is 65.4 Å². The summed E-state index contributed by atoms with van der Waals surface area (Å²) in [7, 11) is 1.89. The number of hydrogen-bond donors (Lipinski definition) is 1. The molecule has 2 unspecified atom stereocenters. The first-order chi connectivity index (χ1) is 17.2. The molecule has 4 aromatic rings. The van der Waals surface area contributed by atoms with E-state index >= 15 is 0 Å². The largest absolute Gasteiger partial charge is 0.444 e. The molecule has 2 bridgehead atoms. The molecule has 3 aliphatic heterocycles. The smallest absolute Gasteiger partial charge is 0.411 e. The predicted octanol–water partition coefficient (Wildman–Crippen LogP) is 3.30. The highest BCUT2D eigenvalue weighted by atomic mass is 16.6. The molecule has 10 heteroatoms. The molecule has 1 amide bonds. The SMILES string of the molecule is Cn1cc(-c2cc(-c3cnc(C45CNCC(C4)N5C(=O)OC(C)(C)C)cn3)c3cncnc3c2)cn1. The predicted molar refractivity (Wildman–Crippen MR) is 134 cm³/mol. The van der Waals surface area contributed by atoms with Gasteiger partial charge in [0.1, 0.15) is 17.5 Å². The van der Waals surface area contributed by atoms with Gasteiger partial charge in [0.05, 0.1) is 41.5 Å². The molecule has 3 saturated heterocycles. The van der Waals surface area contributed by atoms with E-state index in [1.54, 1.807) is 29.6 Å². The number of ether oxygens (including phenoxy) is 1. The monoisotopic (exact) mass is 484 g/mol. The lowest BCUT2D eigenvalue weighted by Gasteiger charge is -2.60. The van der Waals surface area contributed by atoms with Crippen LogP contribution in [0.4, 0.5) is 4.79 Å². The zero-order valence-electron chi connectivity index (χ0n) is 20.8. The Morgan fingerprint density at radius 3 is 2.67 bits per heavy atom. The van der Waals surface area contributed by atoms with Gasteiger partial charge in [0.15, 0.2) is 0 Å². The van der Waals surface area contributed by atoms with Gasteiger partial charge >= 0.3 is 6.09 Å². The van der Waals surface area contributed by atoms with Gasteiger partial charge in [-0.2, -0.15) is 5.10 Å². The van der Waals surface area contributed by atoms with Crippen molar-refractivity contribution in [3.63, 3.8) is 0 Å². The van der Waals surface area contributed by atoms with Gasteiger partial charge in [-0.15, -0.1) is 0 Å². The van der Waals surface area contributed by atoms with Crippen molar-refractivity contribution in [1.29, 1.82) is 0 Å². The first-order valence-corrected chi connectivity index (χ1v) is 12.0. The van der Waals surface area contributed by atoms with Crippen molar-refractivity contribution >= 4 is 17.0 Å². The van der Waals surface area contributed by atoms with Gasteiger partial charge in [-0.05, 0) is 44.9 Å². The van der Waals surface area contributed by atoms with Crippen LogP contribution in [0, 0.1) is 0 Å². The molecule has 6 heterocycles. The fourth-order valence-corrected chi connectivity index (χ4v) is 5.28. The van der Waals surface area contributed by atoms with Crippen molar-refractivity contribution in [3.05, 3.63) is 55.1 Å². The number of benzene rings is 1. The van der Waals surface area contributed by atoms with Crippen LogP contribution in [0.15, 0.2) is 49.4 Å². The van der Waals surface area contributed by atoms with Crippen molar-refractivity contribution in [2.75, 3.05) is 13.1 Å². The molecule has 1 N–H and O–H groups in total. The molecule has 0 aliphatic carbocycles. The standard InChI is InChI=1S/C26H28N8O2/c1-25(2,3)36-24(35)34-18-7-26(34,14-27-9-18)23-12-29-22(11-30-23)19-5-16(17-8-32-33(4)13-17)6-21-20(19)10-28-15-31-21/h5-6,8,10-13,15,18,27H,7,9,14H2,1-4H3. The Morgan fingerprint density at radius 2 is 1.97 bits per heavy atom. The summed E-state index contributed by atoms with van der Waals surface area (Å²) in [6.45, 7) is 7.01. The molecule has 184 valence electrons. The molecule has 3 fully saturated rings. The highest BCUT2D eigenvalue weighted by molar-refractivity contribution is 5.96. The maximum atomic E-state index is 13.0. The summed E-state index contributed by atoms with van der Waals surface area (Å²) in [4.78, 5) is 33.2. The van der Waals surface area contributed by atoms with E-state index in [2.05, 4.69) is 26.4 Å². The molecule has 10 nitrogen and oxygen atoms in total. The summed E-state index contributed by atoms with van der Waals surface area (Å²) in [5.41, 5.74) is 4.04. The minimum absolute atomic E-state index is 0.0901. The van der Waals surface area contributed by atoms with E-state index in [-0.39, 0.29) is 12.1 Å². The van der Waals surface area contributed by atoms with Gasteiger partial charge in [-0.25, -0.2) is 14.8 Å². The van der Waals surface area contributed by atoms with E-state index in [4.69, 9.17) is 14.7 Å². The number of carbonyl (C=O) groups excluding carboxylic acids is 1. The number of fused-ring (bicyclic) bond motifs is 3. The average molecular weight is 485 g/mol. The summed E-state index contributed by atoms with van der Waals surface area (Å²) in [5, 5.41) is 8.62. The van der Waals surface area contributed by atoms with E-state index in [1.807, 2.05) is 51.2 Å². The van der Waals surface area contributed by atoms with E-state index in [9.17, 15) is 4.79 Å². The van der Waals surface area contributed by atoms with Gasteiger partial charge < -0.3 is 10.1 Å². The second kappa shape index (κ2) is 8.06. The normalized spacial score (nSPS) is 21.3. The van der Waals surface area contributed by atoms with Crippen LogP contribution < -0.4 is 5.32 Å². The second-order valence-corrected chi connectivity index (χ2v) is 10.5. The van der Waals surface area contributed by atoms with E-state index < -0.39 is 11.1 Å². The third kappa shape index (κ3) is 3.69. The topological polar surface area (TPSA) is 111 Å². The number of piperidine rings is 1. The molecule has 1 aromatic carbocycles. The lowest BCUT2D eigenvalue weighted by molar-refractivity contribution is -0.105. The number of nitrogens with zero attached hydrogens (tertiary/aromatic N) is 7. The highest BCUT2D eigenvalue weighted by Gasteiger charge is 2.59. The maximum Gasteiger partial charge on any atom is 0.411 e. The molecule has 2 atom stereocenters. The number of amides is 1. The van der Waals surface area contributed by atoms with Gasteiger partial charge in [0, 0.05) is 49.0 Å². The van der Waals surface area contributed by atoms with Crippen LogP contribution in [0.3, 0.4) is 0 Å². The Bertz CT molecular complexity index is 1460. The zero-order valence-corrected chi connectivity index (χ0v) is 20.8. The van der Waals surface area contributed by atoms with E-state index in [0.29, 0.717) is 12.2 Å². The number of hydrogen-bond acceptors (Lipinski definition) is 8. The zero-order chi connectivity index (χ0) is 25.1. The maximum absolute atomic E-state index is 13.0. The molecule has 0 spiro atoms. The Balaban J connectivity index is 1.38. The summed E-state index contributed by atoms with van der Waals surface area (Å²) in [6.07, 6.45) is 11.2. The number of nitrogens with one attached hydrogen (secondary N) is 1. The quantitative estimate of drug-likeness (QED) is 0.472. The summed E-state index contributed by atoms with van der Waals surface area (Å²) in [5.74, 6) is 0. The molecular weight excluding hydrogens is 456 g/mol. The number of rotatable bonds is 3. The number of aromatic nitrogens is 6. The van der Waals surface area contributed by atoms with Crippen LogP contribution in [0.5, 0.6) is 0 Å². The van der Waals surface area contributed by atoms with Crippen LogP contribution >= 0.6 is 0 Å². The minimum Gasteiger partial charge on any atom is -0.444 e. The van der Waals surface area contributed by atoms with Crippen LogP contribution in [0.1, 0.15) is 32.9 Å². The molecular formula is C26H28N8O2. The van der Waals surface area contributed by atoms with Gasteiger partial charge in [0.2, 0.25) is 0 Å². The second-order valence-electron chi connectivity index (χ2n) is 10.5. The number of aryl methyl sites for hydroxylation is 1. The van der Waals surface area contributed by atoms with E-state index in [1.165, 1.54) is 0 Å². The summed E-state index contributed by atoms with van der Waals surface area (Å²) >= 11 is 0. The summed E-state index contributed by atoms with van der Waals surface area (Å²) < 4.78 is 7.48. The number of carbonyl (C=O) groups is 1. The lowest BCUT2D eigenvalue weighted by Crippen LogP contribution is -2.76. The number of piperazine rings is 1. The molecule has 3 aliphatic rings. The third-order valence-corrected chi connectivity index (χ3v) is 6.86. The first kappa shape index (κ1) is 22.5. The Hall–Kier alpha value is -3.92. The Kier molecular flexibility index (Phi) is 5.04. The lowest BCUT2D eigenvalue weighted by atomic mass is 9.73. The van der Waals surface area contributed by atoms with Gasteiger partial charge in [-0.1, -0.05) is 0 Å². The average Bonchev–Trinajstić information content (AvgIpc) is 3.28. The van der Waals surface area contributed by atoms with Crippen LogP contribution in [-0.2, 0) is 17.3 Å². The molecule has 0 saturated carbocycles. The molecule has 0 radical (unpaired) electrons. The van der Waals surface area contributed by atoms with Gasteiger partial charge in [0.25, 0.3) is 0 Å². The third-order valence-electron chi connectivity index (χ3n) is 6.86. The fourth-order valence-electron chi connectivity index (χ4n) is 5.28. The minimum atomic E-state index is -0.562. The van der Waals surface area contributed by atoms with Crippen molar-refractivity contribution in [2.45, 2.75) is 44.4 Å². The molecule has 7 rings (SSSR count). The van der Waals surface area contributed by atoms with Crippen LogP contribution in [0.2, 0.25) is 0 Å². The molecule has 3 aromatic heterocycles. The van der Waals surface area contributed by atoms with Crippen molar-refractivity contribution in [3.8, 4) is 22.4 Å². The first-order valence-electron chi connectivity index (χ1n) is 12.0. The van der Waals surface area contributed by atoms with Crippen molar-refractivity contribution in [2.24, 2.45) is 7.05 Å². The summed E-state index contributed by atoms with van der Waals surface area (Å²) in [6, 6.07) is 4.19. The Morgan fingerprint density at radius 1 is 1.11 bits per heavy atom. The van der Waals surface area contributed by atoms with Crippen molar-refractivity contribution < 1.29 is 9.53 Å². The van der Waals surface area contributed by atoms with Crippen molar-refractivity contribution in [1.82, 2.24) is 39.9 Å².